The molecule has 27 valence electrons. The van der Waals surface area contributed by atoms with E-state index in [2.05, 4.69) is 0 Å². The van der Waals surface area contributed by atoms with E-state index in [0.29, 0.717) is 0 Å². The third-order valence-corrected chi connectivity index (χ3v) is 0. The van der Waals surface area contributed by atoms with Crippen LogP contribution in [-0.2, 0) is 9.94 Å². The van der Waals surface area contributed by atoms with Crippen LogP contribution in [-0.4, -0.2) is 10.1 Å². The van der Waals surface area contributed by atoms with Crippen LogP contribution in [0.2, 0.25) is 0 Å². The van der Waals surface area contributed by atoms with E-state index >= 15 is 0 Å². The predicted molar refractivity (Wildman–Crippen MR) is 7.13 cm³/mol. The first kappa shape index (κ1) is 17.8. The van der Waals surface area contributed by atoms with Crippen LogP contribution in [0.5, 0.6) is 0 Å². The molecule has 0 aromatic rings. The van der Waals surface area contributed by atoms with Gasteiger partial charge in [-0.2, -0.15) is 0 Å². The first-order valence-corrected chi connectivity index (χ1v) is 0.612. The molecule has 0 saturated carbocycles. The second kappa shape index (κ2) is 24.5. The molecule has 0 aromatic carbocycles. The van der Waals surface area contributed by atoms with Gasteiger partial charge in [0, 0.05) is 0 Å². The average molecular weight is 233 g/mol. The summed E-state index contributed by atoms with van der Waals surface area (Å²) in [6.45, 7) is 0. The molecule has 0 aliphatic carbocycles. The van der Waals surface area contributed by atoms with Crippen molar-refractivity contribution in [2.24, 2.45) is 0 Å². The fraction of sp³-hybridized carbons (Fsp3) is 0. The van der Waals surface area contributed by atoms with Crippen LogP contribution in [0.3, 0.4) is 0 Å². The van der Waals surface area contributed by atoms with E-state index < -0.39 is 0 Å². The summed E-state index contributed by atoms with van der Waals surface area (Å²) in [5.41, 5.74) is 0. The molecule has 0 aliphatic rings. The second-order valence-electron chi connectivity index (χ2n) is 0. The summed E-state index contributed by atoms with van der Waals surface area (Å²) in [5, 5.41) is 0. The third kappa shape index (κ3) is 9.73. The van der Waals surface area contributed by atoms with Gasteiger partial charge in [0.25, 0.3) is 0 Å². The van der Waals surface area contributed by atoms with Crippen LogP contribution in [0.15, 0.2) is 0 Å². The van der Waals surface area contributed by atoms with Gasteiger partial charge in [0.1, 0.15) is 0 Å². The first-order chi connectivity index (χ1) is 1.00. The molecule has 0 heterocycles. The first-order valence-electron chi connectivity index (χ1n) is 0.204. The average Bonchev–Trinajstić information content (AvgIpc) is 1.00. The minimum atomic E-state index is 0. The number of rotatable bonds is 0. The zero-order chi connectivity index (χ0) is 2.00. The van der Waals surface area contributed by atoms with E-state index in [4.69, 9.17) is 4.46 Å². The molecule has 0 unspecified atom stereocenters. The molecular weight excluding hydrogens is 233 g/mol. The van der Waals surface area contributed by atoms with E-state index in [1.54, 1.807) is 10.1 Å². The molecule has 1 radical (unpaired) electrons. The molecule has 0 fully saturated rings. The van der Waals surface area contributed by atoms with E-state index in [-0.39, 0.29) is 52.4 Å². The van der Waals surface area contributed by atoms with Crippen molar-refractivity contribution in [3.63, 3.8) is 0 Å². The molecule has 4 heteroatoms. The van der Waals surface area contributed by atoms with E-state index in [1.807, 2.05) is 0 Å². The molecule has 0 N–H and O–H groups in total. The van der Waals surface area contributed by atoms with E-state index in [9.17, 15) is 0 Å². The normalized spacial score (nSPS) is 1.50. The van der Waals surface area contributed by atoms with Crippen molar-refractivity contribution in [2.75, 3.05) is 0 Å². The van der Waals surface area contributed by atoms with Gasteiger partial charge in [-0.1, -0.05) is 0 Å². The minimum Gasteiger partial charge on any atom is -2.00 e. The molecule has 0 bridgehead atoms. The van der Waals surface area contributed by atoms with Crippen LogP contribution in [0.25, 0.3) is 0 Å². The Morgan fingerprint density at radius 3 is 1.25 bits per heavy atom. The predicted octanol–water partition coefficient (Wildman–Crippen LogP) is -0.618. The Labute approximate surface area is 66.0 Å². The maximum atomic E-state index is 8.06. The molecule has 0 amide bonds. The van der Waals surface area contributed by atoms with Crippen LogP contribution in [0.4, 0.5) is 0 Å². The van der Waals surface area contributed by atoms with Crippen LogP contribution in [0.1, 0.15) is 0 Å². The summed E-state index contributed by atoms with van der Waals surface area (Å²) in [7, 11) is 1.72. The Morgan fingerprint density at radius 2 is 1.25 bits per heavy atom. The van der Waals surface area contributed by atoms with Crippen molar-refractivity contribution in [3.8, 4) is 0 Å². The van der Waals surface area contributed by atoms with Crippen molar-refractivity contribution in [1.82, 2.24) is 0 Å². The molecule has 0 atom stereocenters. The molecular formula is O2SiYb+3. The molecule has 0 aliphatic heterocycles. The standard InChI is InChI=1S/OSi.O.Yb/c1-2;;/q+2;-2;+3. The fourth-order valence-corrected chi connectivity index (χ4v) is 0. The van der Waals surface area contributed by atoms with Gasteiger partial charge in [-0.05, 0) is 0 Å². The molecule has 0 saturated heterocycles. The minimum absolute atomic E-state index is 0. The Hall–Kier alpha value is 1.50. The van der Waals surface area contributed by atoms with Gasteiger partial charge in [0.05, 0.1) is 0 Å². The Bertz CT molecular complexity index is 6.00. The fourth-order valence-electron chi connectivity index (χ4n) is 0. The maximum Gasteiger partial charge on any atom is 3.00 e. The Kier molecular flexibility index (Phi) is 109. The zero-order valence-electron chi connectivity index (χ0n) is 1.58. The Morgan fingerprint density at radius 1 is 1.25 bits per heavy atom. The molecule has 2 nitrogen and oxygen atoms in total. The second-order valence-corrected chi connectivity index (χ2v) is 0. The van der Waals surface area contributed by atoms with Crippen LogP contribution in [0, 0.1) is 46.9 Å². The largest absolute Gasteiger partial charge is 3.00 e. The van der Waals surface area contributed by atoms with Gasteiger partial charge < -0.3 is 5.48 Å². The van der Waals surface area contributed by atoms with Gasteiger partial charge in [0.15, 0.2) is 0 Å². The van der Waals surface area contributed by atoms with Crippen LogP contribution < -0.4 is 0 Å². The van der Waals surface area contributed by atoms with Gasteiger partial charge in [-0.3, -0.25) is 0 Å². The van der Waals surface area contributed by atoms with Gasteiger partial charge >= 0.3 is 61.5 Å². The van der Waals surface area contributed by atoms with Gasteiger partial charge in [0.2, 0.25) is 0 Å². The van der Waals surface area contributed by atoms with Crippen molar-refractivity contribution in [2.45, 2.75) is 0 Å². The molecule has 0 spiro atoms. The molecule has 0 aromatic heterocycles. The summed E-state index contributed by atoms with van der Waals surface area (Å²) in [5.74, 6) is 0. The summed E-state index contributed by atoms with van der Waals surface area (Å²) < 4.78 is 8.06. The van der Waals surface area contributed by atoms with Gasteiger partial charge in [-0.25, -0.2) is 0 Å². The van der Waals surface area contributed by atoms with Crippen molar-refractivity contribution < 1.29 is 56.9 Å². The van der Waals surface area contributed by atoms with Crippen molar-refractivity contribution >= 4 is 10.1 Å². The monoisotopic (exact) mass is 234 g/mol. The van der Waals surface area contributed by atoms with E-state index in [0.717, 1.165) is 0 Å². The van der Waals surface area contributed by atoms with Crippen molar-refractivity contribution in [3.05, 3.63) is 0 Å². The molecule has 4 heavy (non-hydrogen) atoms. The molecule has 0 rings (SSSR count). The quantitative estimate of drug-likeness (QED) is 0.514. The summed E-state index contributed by atoms with van der Waals surface area (Å²) in [6.07, 6.45) is 0. The Balaban J connectivity index is -0.00000000500. The SMILES string of the molecule is O=[Si+2].[O-2].[Yb+3]. The topological polar surface area (TPSA) is 45.6 Å². The summed E-state index contributed by atoms with van der Waals surface area (Å²) in [4.78, 5) is 0. The number of hydrogen-bond donors (Lipinski definition) is 0. The van der Waals surface area contributed by atoms with E-state index in [1.165, 1.54) is 0 Å². The smallest absolute Gasteiger partial charge is 2.00 e. The number of hydrogen-bond acceptors (Lipinski definition) is 1. The summed E-state index contributed by atoms with van der Waals surface area (Å²) >= 11 is 0. The maximum absolute atomic E-state index is 8.06. The van der Waals surface area contributed by atoms with Crippen molar-refractivity contribution in [1.29, 1.82) is 0 Å². The third-order valence-electron chi connectivity index (χ3n) is 0. The van der Waals surface area contributed by atoms with Crippen LogP contribution >= 0.6 is 0 Å². The van der Waals surface area contributed by atoms with Gasteiger partial charge in [-0.15, -0.1) is 0 Å². The summed E-state index contributed by atoms with van der Waals surface area (Å²) in [6, 6.07) is 0. The zero-order valence-corrected chi connectivity index (χ0v) is 4.30.